The first-order valence-electron chi connectivity index (χ1n) is 6.27. The number of rotatable bonds is 2. The lowest BCUT2D eigenvalue weighted by atomic mass is 9.95. The Morgan fingerprint density at radius 2 is 1.70 bits per heavy atom. The number of hydrogen-bond acceptors (Lipinski definition) is 2. The minimum atomic E-state index is -4.18. The molecule has 0 amide bonds. The number of nitrogen functional groups attached to an aromatic ring is 1. The normalized spacial score (nSPS) is 17.8. The van der Waals surface area contributed by atoms with Gasteiger partial charge in [-0.25, -0.2) is 8.78 Å². The zero-order valence-electron chi connectivity index (χ0n) is 10.6. The van der Waals surface area contributed by atoms with Crippen LogP contribution in [-0.2, 0) is 0 Å². The molecule has 1 saturated heterocycles. The molecule has 1 aliphatic heterocycles. The SMILES string of the molecule is Nc1cc(C(F)F)cc(N2CCC(C(F)(F)F)CC2)c1. The maximum Gasteiger partial charge on any atom is 0.391 e. The van der Waals surface area contributed by atoms with Crippen LogP contribution < -0.4 is 10.6 Å². The van der Waals surface area contributed by atoms with E-state index in [-0.39, 0.29) is 37.2 Å². The van der Waals surface area contributed by atoms with Gasteiger partial charge in [0.25, 0.3) is 6.43 Å². The number of piperidine rings is 1. The van der Waals surface area contributed by atoms with Gasteiger partial charge in [-0.05, 0) is 31.0 Å². The lowest BCUT2D eigenvalue weighted by molar-refractivity contribution is -0.179. The fourth-order valence-electron chi connectivity index (χ4n) is 2.43. The Morgan fingerprint density at radius 1 is 1.10 bits per heavy atom. The molecular formula is C13H15F5N2. The molecule has 0 spiro atoms. The molecule has 2 nitrogen and oxygen atoms in total. The van der Waals surface area contributed by atoms with Gasteiger partial charge in [-0.3, -0.25) is 0 Å². The minimum absolute atomic E-state index is 0.0255. The van der Waals surface area contributed by atoms with Gasteiger partial charge in [0.1, 0.15) is 0 Å². The van der Waals surface area contributed by atoms with Crippen molar-refractivity contribution in [3.05, 3.63) is 23.8 Å². The predicted molar refractivity (Wildman–Crippen MR) is 66.8 cm³/mol. The van der Waals surface area contributed by atoms with E-state index >= 15 is 0 Å². The van der Waals surface area contributed by atoms with Gasteiger partial charge in [0, 0.05) is 30.0 Å². The summed E-state index contributed by atoms with van der Waals surface area (Å²) in [6.07, 6.45) is -6.88. The maximum absolute atomic E-state index is 12.7. The second-order valence-electron chi connectivity index (χ2n) is 4.96. The molecule has 0 radical (unpaired) electrons. The van der Waals surface area contributed by atoms with Crippen molar-refractivity contribution in [3.8, 4) is 0 Å². The summed E-state index contributed by atoms with van der Waals surface area (Å²) in [4.78, 5) is 1.67. The number of nitrogens with zero attached hydrogens (tertiary/aromatic N) is 1. The van der Waals surface area contributed by atoms with E-state index in [2.05, 4.69) is 0 Å². The van der Waals surface area contributed by atoms with Crippen molar-refractivity contribution < 1.29 is 22.0 Å². The average molecular weight is 294 g/mol. The highest BCUT2D eigenvalue weighted by atomic mass is 19.4. The summed E-state index contributed by atoms with van der Waals surface area (Å²) in [6, 6.07) is 3.98. The second kappa shape index (κ2) is 5.46. The van der Waals surface area contributed by atoms with Gasteiger partial charge in [-0.2, -0.15) is 13.2 Å². The van der Waals surface area contributed by atoms with Crippen LogP contribution in [0.1, 0.15) is 24.8 Å². The van der Waals surface area contributed by atoms with Crippen LogP contribution in [0.25, 0.3) is 0 Å². The third-order valence-electron chi connectivity index (χ3n) is 3.54. The number of anilines is 2. The fraction of sp³-hybridized carbons (Fsp3) is 0.538. The third kappa shape index (κ3) is 3.32. The Balaban J connectivity index is 2.11. The molecule has 20 heavy (non-hydrogen) atoms. The zero-order chi connectivity index (χ0) is 14.9. The number of halogens is 5. The molecule has 0 atom stereocenters. The van der Waals surface area contributed by atoms with Gasteiger partial charge >= 0.3 is 6.18 Å². The molecule has 7 heteroatoms. The van der Waals surface area contributed by atoms with Crippen molar-refractivity contribution in [1.82, 2.24) is 0 Å². The summed E-state index contributed by atoms with van der Waals surface area (Å²) < 4.78 is 63.1. The Kier molecular flexibility index (Phi) is 4.06. The summed E-state index contributed by atoms with van der Waals surface area (Å²) >= 11 is 0. The maximum atomic E-state index is 12.7. The smallest absolute Gasteiger partial charge is 0.391 e. The highest BCUT2D eigenvalue weighted by Gasteiger charge is 2.41. The van der Waals surface area contributed by atoms with E-state index < -0.39 is 18.5 Å². The van der Waals surface area contributed by atoms with Crippen LogP contribution in [0.4, 0.5) is 33.3 Å². The molecule has 1 aromatic carbocycles. The summed E-state index contributed by atoms with van der Waals surface area (Å²) in [5.41, 5.74) is 6.00. The van der Waals surface area contributed by atoms with Gasteiger partial charge in [0.05, 0.1) is 5.92 Å². The first-order chi connectivity index (χ1) is 9.27. The van der Waals surface area contributed by atoms with E-state index in [1.807, 2.05) is 0 Å². The quantitative estimate of drug-likeness (QED) is 0.660. The van der Waals surface area contributed by atoms with Crippen LogP contribution in [0.3, 0.4) is 0 Å². The first kappa shape index (κ1) is 14.9. The highest BCUT2D eigenvalue weighted by Crippen LogP contribution is 2.36. The van der Waals surface area contributed by atoms with Crippen molar-refractivity contribution in [3.63, 3.8) is 0 Å². The Morgan fingerprint density at radius 3 is 2.20 bits per heavy atom. The summed E-state index contributed by atoms with van der Waals surface area (Å²) in [5.74, 6) is -1.31. The molecule has 0 bridgehead atoms. The Hall–Kier alpha value is -1.53. The monoisotopic (exact) mass is 294 g/mol. The molecule has 1 heterocycles. The highest BCUT2D eigenvalue weighted by molar-refractivity contribution is 5.59. The van der Waals surface area contributed by atoms with Crippen molar-refractivity contribution in [2.75, 3.05) is 23.7 Å². The van der Waals surface area contributed by atoms with Gasteiger partial charge in [0.2, 0.25) is 0 Å². The van der Waals surface area contributed by atoms with Crippen LogP contribution >= 0.6 is 0 Å². The Labute approximate surface area is 113 Å². The van der Waals surface area contributed by atoms with Crippen LogP contribution in [0.5, 0.6) is 0 Å². The number of hydrogen-bond donors (Lipinski definition) is 1. The third-order valence-corrected chi connectivity index (χ3v) is 3.54. The van der Waals surface area contributed by atoms with E-state index in [4.69, 9.17) is 5.73 Å². The van der Waals surface area contributed by atoms with Gasteiger partial charge in [-0.15, -0.1) is 0 Å². The lowest BCUT2D eigenvalue weighted by Crippen LogP contribution is -2.39. The topological polar surface area (TPSA) is 29.3 Å². The molecule has 2 rings (SSSR count). The van der Waals surface area contributed by atoms with Crippen LogP contribution in [0, 0.1) is 5.92 Å². The minimum Gasteiger partial charge on any atom is -0.399 e. The van der Waals surface area contributed by atoms with Crippen LogP contribution in [0.2, 0.25) is 0 Å². The molecule has 0 saturated carbocycles. The summed E-state index contributed by atoms with van der Waals surface area (Å²) in [5, 5.41) is 0. The fourth-order valence-corrected chi connectivity index (χ4v) is 2.43. The van der Waals surface area contributed by atoms with E-state index in [9.17, 15) is 22.0 Å². The lowest BCUT2D eigenvalue weighted by Gasteiger charge is -2.34. The number of nitrogens with two attached hydrogens (primary N) is 1. The van der Waals surface area contributed by atoms with E-state index in [0.717, 1.165) is 0 Å². The van der Waals surface area contributed by atoms with E-state index in [0.29, 0.717) is 5.69 Å². The average Bonchev–Trinajstić information content (AvgIpc) is 2.37. The van der Waals surface area contributed by atoms with Crippen molar-refractivity contribution in [2.24, 2.45) is 5.92 Å². The largest absolute Gasteiger partial charge is 0.399 e. The van der Waals surface area contributed by atoms with Gasteiger partial charge < -0.3 is 10.6 Å². The van der Waals surface area contributed by atoms with Crippen molar-refractivity contribution >= 4 is 11.4 Å². The van der Waals surface area contributed by atoms with E-state index in [1.54, 1.807) is 4.90 Å². The predicted octanol–water partition coefficient (Wildman–Crippen LogP) is 3.99. The van der Waals surface area contributed by atoms with Crippen molar-refractivity contribution in [1.29, 1.82) is 0 Å². The molecule has 1 fully saturated rings. The second-order valence-corrected chi connectivity index (χ2v) is 4.96. The standard InChI is InChI=1S/C13H15F5N2/c14-12(15)8-5-10(19)7-11(6-8)20-3-1-9(2-4-20)13(16,17)18/h5-7,9,12H,1-4,19H2. The van der Waals surface area contributed by atoms with Crippen molar-refractivity contribution in [2.45, 2.75) is 25.4 Å². The molecule has 2 N–H and O–H groups in total. The Bertz CT molecular complexity index is 464. The molecule has 0 unspecified atom stereocenters. The molecule has 0 aromatic heterocycles. The van der Waals surface area contributed by atoms with Gasteiger partial charge in [-0.1, -0.05) is 0 Å². The number of alkyl halides is 5. The van der Waals surface area contributed by atoms with Gasteiger partial charge in [0.15, 0.2) is 0 Å². The zero-order valence-corrected chi connectivity index (χ0v) is 10.6. The first-order valence-corrected chi connectivity index (χ1v) is 6.27. The summed E-state index contributed by atoms with van der Waals surface area (Å²) in [7, 11) is 0. The summed E-state index contributed by atoms with van der Waals surface area (Å²) in [6.45, 7) is 0.382. The van der Waals surface area contributed by atoms with E-state index in [1.165, 1.54) is 18.2 Å². The molecule has 112 valence electrons. The van der Waals surface area contributed by atoms with Crippen LogP contribution in [0.15, 0.2) is 18.2 Å². The van der Waals surface area contributed by atoms with Crippen LogP contribution in [-0.4, -0.2) is 19.3 Å². The molecule has 1 aromatic rings. The number of benzene rings is 1. The molecule has 0 aliphatic carbocycles. The molecule has 1 aliphatic rings. The molecular weight excluding hydrogens is 279 g/mol.